The second-order valence-corrected chi connectivity index (χ2v) is 4.38. The number of nitrogens with two attached hydrogens (primary N) is 2. The van der Waals surface area contributed by atoms with Gasteiger partial charge in [0.2, 0.25) is 0 Å². The van der Waals surface area contributed by atoms with E-state index in [1.807, 2.05) is 12.1 Å². The Morgan fingerprint density at radius 3 is 2.07 bits per heavy atom. The standard InChI is InChI=1S/C12H18N2O/c13-10-6-9(7-11(14)12(10)15)8-4-2-1-3-5-8/h6-8,15H,1-5,13-14H2. The van der Waals surface area contributed by atoms with Crippen LogP contribution < -0.4 is 11.5 Å². The Hall–Kier alpha value is -1.38. The molecule has 82 valence electrons. The molecule has 0 atom stereocenters. The lowest BCUT2D eigenvalue weighted by atomic mass is 9.84. The minimum Gasteiger partial charge on any atom is -0.504 e. The molecule has 0 aliphatic heterocycles. The largest absolute Gasteiger partial charge is 0.504 e. The van der Waals surface area contributed by atoms with E-state index in [0.29, 0.717) is 17.3 Å². The van der Waals surface area contributed by atoms with Crippen LogP contribution in [0.2, 0.25) is 0 Å². The van der Waals surface area contributed by atoms with Crippen LogP contribution in [-0.4, -0.2) is 5.11 Å². The zero-order valence-electron chi connectivity index (χ0n) is 8.87. The lowest BCUT2D eigenvalue weighted by molar-refractivity contribution is 0.442. The van der Waals surface area contributed by atoms with Crippen LogP contribution in [0, 0.1) is 0 Å². The normalized spacial score (nSPS) is 17.9. The number of aromatic hydroxyl groups is 1. The molecule has 0 saturated heterocycles. The van der Waals surface area contributed by atoms with Crippen LogP contribution in [0.25, 0.3) is 0 Å². The summed E-state index contributed by atoms with van der Waals surface area (Å²) in [6.45, 7) is 0. The Labute approximate surface area is 90.1 Å². The highest BCUT2D eigenvalue weighted by Crippen LogP contribution is 2.37. The molecular formula is C12H18N2O. The molecular weight excluding hydrogens is 188 g/mol. The first kappa shape index (κ1) is 10.1. The van der Waals surface area contributed by atoms with E-state index in [4.69, 9.17) is 11.5 Å². The van der Waals surface area contributed by atoms with E-state index in [1.165, 1.54) is 37.7 Å². The predicted octanol–water partition coefficient (Wildman–Crippen LogP) is 2.60. The zero-order valence-corrected chi connectivity index (χ0v) is 8.87. The molecule has 5 N–H and O–H groups in total. The molecule has 15 heavy (non-hydrogen) atoms. The summed E-state index contributed by atoms with van der Waals surface area (Å²) in [5.41, 5.74) is 13.4. The molecule has 0 spiro atoms. The maximum Gasteiger partial charge on any atom is 0.161 e. The first-order valence-corrected chi connectivity index (χ1v) is 5.56. The summed E-state index contributed by atoms with van der Waals surface area (Å²) in [4.78, 5) is 0. The molecule has 0 heterocycles. The molecule has 0 bridgehead atoms. The van der Waals surface area contributed by atoms with Crippen molar-refractivity contribution in [2.75, 3.05) is 11.5 Å². The highest BCUT2D eigenvalue weighted by atomic mass is 16.3. The van der Waals surface area contributed by atoms with Crippen molar-refractivity contribution in [1.29, 1.82) is 0 Å². The third kappa shape index (κ3) is 2.01. The first-order valence-electron chi connectivity index (χ1n) is 5.56. The first-order chi connectivity index (χ1) is 7.18. The van der Waals surface area contributed by atoms with E-state index in [9.17, 15) is 5.11 Å². The number of phenolic OH excluding ortho intramolecular Hbond substituents is 1. The van der Waals surface area contributed by atoms with Crippen molar-refractivity contribution >= 4 is 11.4 Å². The van der Waals surface area contributed by atoms with Crippen LogP contribution in [0.15, 0.2) is 12.1 Å². The average molecular weight is 206 g/mol. The van der Waals surface area contributed by atoms with Crippen molar-refractivity contribution < 1.29 is 5.11 Å². The molecule has 3 nitrogen and oxygen atoms in total. The van der Waals surface area contributed by atoms with Crippen LogP contribution in [0.3, 0.4) is 0 Å². The Morgan fingerprint density at radius 1 is 1.00 bits per heavy atom. The smallest absolute Gasteiger partial charge is 0.161 e. The summed E-state index contributed by atoms with van der Waals surface area (Å²) < 4.78 is 0. The van der Waals surface area contributed by atoms with Crippen molar-refractivity contribution in [3.05, 3.63) is 17.7 Å². The van der Waals surface area contributed by atoms with Crippen molar-refractivity contribution in [2.45, 2.75) is 38.0 Å². The van der Waals surface area contributed by atoms with Crippen molar-refractivity contribution in [3.63, 3.8) is 0 Å². The molecule has 0 amide bonds. The van der Waals surface area contributed by atoms with Crippen LogP contribution >= 0.6 is 0 Å². The van der Waals surface area contributed by atoms with Gasteiger partial charge in [-0.15, -0.1) is 0 Å². The fourth-order valence-electron chi connectivity index (χ4n) is 2.38. The van der Waals surface area contributed by atoms with E-state index in [0.717, 1.165) is 0 Å². The number of anilines is 2. The molecule has 2 rings (SSSR count). The maximum atomic E-state index is 9.48. The maximum absolute atomic E-state index is 9.48. The molecule has 0 unspecified atom stereocenters. The van der Waals surface area contributed by atoms with Gasteiger partial charge in [0.05, 0.1) is 11.4 Å². The van der Waals surface area contributed by atoms with Crippen molar-refractivity contribution in [3.8, 4) is 5.75 Å². The lowest BCUT2D eigenvalue weighted by Crippen LogP contribution is -2.06. The number of phenols is 1. The Morgan fingerprint density at radius 2 is 1.53 bits per heavy atom. The Balaban J connectivity index is 2.27. The number of hydrogen-bond acceptors (Lipinski definition) is 3. The van der Waals surface area contributed by atoms with Gasteiger partial charge < -0.3 is 16.6 Å². The molecule has 0 radical (unpaired) electrons. The van der Waals surface area contributed by atoms with Crippen molar-refractivity contribution in [2.24, 2.45) is 0 Å². The van der Waals surface area contributed by atoms with Gasteiger partial charge in [-0.2, -0.15) is 0 Å². The molecule has 0 aromatic heterocycles. The van der Waals surface area contributed by atoms with E-state index >= 15 is 0 Å². The van der Waals surface area contributed by atoms with Crippen LogP contribution in [-0.2, 0) is 0 Å². The van der Waals surface area contributed by atoms with Gasteiger partial charge in [0.25, 0.3) is 0 Å². The predicted molar refractivity (Wildman–Crippen MR) is 62.8 cm³/mol. The number of nitrogen functional groups attached to an aromatic ring is 2. The summed E-state index contributed by atoms with van der Waals surface area (Å²) in [5, 5.41) is 9.48. The monoisotopic (exact) mass is 206 g/mol. The van der Waals surface area contributed by atoms with Gasteiger partial charge in [0.1, 0.15) is 0 Å². The number of hydrogen-bond donors (Lipinski definition) is 3. The number of benzene rings is 1. The summed E-state index contributed by atoms with van der Waals surface area (Å²) >= 11 is 0. The highest BCUT2D eigenvalue weighted by Gasteiger charge is 2.17. The molecule has 1 aromatic rings. The summed E-state index contributed by atoms with van der Waals surface area (Å²) in [6, 6.07) is 3.73. The van der Waals surface area contributed by atoms with Gasteiger partial charge in [0.15, 0.2) is 5.75 Å². The third-order valence-corrected chi connectivity index (χ3v) is 3.27. The van der Waals surface area contributed by atoms with Gasteiger partial charge in [0, 0.05) is 0 Å². The van der Waals surface area contributed by atoms with E-state index < -0.39 is 0 Å². The Bertz CT molecular complexity index is 334. The van der Waals surface area contributed by atoms with Gasteiger partial charge >= 0.3 is 0 Å². The van der Waals surface area contributed by atoms with Crippen LogP contribution in [0.1, 0.15) is 43.6 Å². The molecule has 1 fully saturated rings. The van der Waals surface area contributed by atoms with E-state index in [-0.39, 0.29) is 5.75 Å². The molecule has 1 aromatic carbocycles. The van der Waals surface area contributed by atoms with E-state index in [1.54, 1.807) is 0 Å². The van der Waals surface area contributed by atoms with Gasteiger partial charge in [-0.3, -0.25) is 0 Å². The second kappa shape index (κ2) is 4.01. The van der Waals surface area contributed by atoms with Gasteiger partial charge in [-0.25, -0.2) is 0 Å². The average Bonchev–Trinajstić information content (AvgIpc) is 2.26. The van der Waals surface area contributed by atoms with Crippen LogP contribution in [0.5, 0.6) is 5.75 Å². The molecule has 3 heteroatoms. The quantitative estimate of drug-likeness (QED) is 0.488. The molecule has 1 aliphatic carbocycles. The minimum absolute atomic E-state index is 0.0227. The lowest BCUT2D eigenvalue weighted by Gasteiger charge is -2.22. The SMILES string of the molecule is Nc1cc(C2CCCCC2)cc(N)c1O. The van der Waals surface area contributed by atoms with E-state index in [2.05, 4.69) is 0 Å². The second-order valence-electron chi connectivity index (χ2n) is 4.38. The third-order valence-electron chi connectivity index (χ3n) is 3.27. The molecule has 1 aliphatic rings. The summed E-state index contributed by atoms with van der Waals surface area (Å²) in [7, 11) is 0. The van der Waals surface area contributed by atoms with Gasteiger partial charge in [-0.1, -0.05) is 19.3 Å². The minimum atomic E-state index is 0.0227. The van der Waals surface area contributed by atoms with Crippen molar-refractivity contribution in [1.82, 2.24) is 0 Å². The zero-order chi connectivity index (χ0) is 10.8. The topological polar surface area (TPSA) is 72.3 Å². The summed E-state index contributed by atoms with van der Waals surface area (Å²) in [6.07, 6.45) is 6.32. The molecule has 1 saturated carbocycles. The summed E-state index contributed by atoms with van der Waals surface area (Å²) in [5.74, 6) is 0.596. The fourth-order valence-corrected chi connectivity index (χ4v) is 2.38. The highest BCUT2D eigenvalue weighted by molar-refractivity contribution is 5.68. The Kier molecular flexibility index (Phi) is 2.71. The van der Waals surface area contributed by atoms with Crippen LogP contribution in [0.4, 0.5) is 11.4 Å². The fraction of sp³-hybridized carbons (Fsp3) is 0.500. The van der Waals surface area contributed by atoms with Gasteiger partial charge in [-0.05, 0) is 36.5 Å². The number of rotatable bonds is 1.